The normalized spacial score (nSPS) is 10.1. The van der Waals surface area contributed by atoms with Crippen LogP contribution in [0.3, 0.4) is 0 Å². The molecular formula is C9H8N2O. The van der Waals surface area contributed by atoms with Crippen molar-refractivity contribution in [1.82, 2.24) is 4.98 Å². The molecule has 2 N–H and O–H groups in total. The lowest BCUT2D eigenvalue weighted by molar-refractivity contribution is 0.334. The first-order chi connectivity index (χ1) is 5.90. The van der Waals surface area contributed by atoms with Gasteiger partial charge in [0.15, 0.2) is 5.75 Å². The minimum atomic E-state index is 0.578. The SMILES string of the molecule is NOc1cnc2ccccc2c1. The van der Waals surface area contributed by atoms with E-state index in [2.05, 4.69) is 9.82 Å². The number of hydrogen-bond acceptors (Lipinski definition) is 3. The lowest BCUT2D eigenvalue weighted by atomic mass is 10.2. The third-order valence-electron chi connectivity index (χ3n) is 1.70. The van der Waals surface area contributed by atoms with Crippen LogP contribution in [0, 0.1) is 0 Å². The zero-order valence-electron chi connectivity index (χ0n) is 6.40. The summed E-state index contributed by atoms with van der Waals surface area (Å²) in [5.41, 5.74) is 0.943. The maximum atomic E-state index is 5.00. The molecule has 0 atom stereocenters. The van der Waals surface area contributed by atoms with Gasteiger partial charge in [0.1, 0.15) is 0 Å². The molecule has 0 aliphatic carbocycles. The summed E-state index contributed by atoms with van der Waals surface area (Å²) in [6.45, 7) is 0. The van der Waals surface area contributed by atoms with Crippen LogP contribution in [0.5, 0.6) is 5.75 Å². The second-order valence-electron chi connectivity index (χ2n) is 2.48. The van der Waals surface area contributed by atoms with Crippen molar-refractivity contribution in [1.29, 1.82) is 0 Å². The maximum absolute atomic E-state index is 5.00. The lowest BCUT2D eigenvalue weighted by Crippen LogP contribution is -2.01. The van der Waals surface area contributed by atoms with Crippen LogP contribution in [0.1, 0.15) is 0 Å². The summed E-state index contributed by atoms with van der Waals surface area (Å²) in [7, 11) is 0. The molecule has 0 radical (unpaired) electrons. The fraction of sp³-hybridized carbons (Fsp3) is 0. The Hall–Kier alpha value is -1.61. The standard InChI is InChI=1S/C9H8N2O/c10-12-8-5-7-3-1-2-4-9(7)11-6-8/h1-6H,10H2. The van der Waals surface area contributed by atoms with Gasteiger partial charge in [-0.1, -0.05) is 18.2 Å². The van der Waals surface area contributed by atoms with Gasteiger partial charge in [-0.3, -0.25) is 4.98 Å². The summed E-state index contributed by atoms with van der Waals surface area (Å²) in [5.74, 6) is 5.58. The topological polar surface area (TPSA) is 48.1 Å². The smallest absolute Gasteiger partial charge is 0.165 e. The average molecular weight is 160 g/mol. The fourth-order valence-electron chi connectivity index (χ4n) is 1.12. The van der Waals surface area contributed by atoms with Crippen molar-refractivity contribution in [2.75, 3.05) is 0 Å². The third-order valence-corrected chi connectivity index (χ3v) is 1.70. The molecule has 1 aromatic carbocycles. The van der Waals surface area contributed by atoms with Crippen molar-refractivity contribution >= 4 is 10.9 Å². The largest absolute Gasteiger partial charge is 0.410 e. The van der Waals surface area contributed by atoms with Gasteiger partial charge in [-0.2, -0.15) is 5.90 Å². The van der Waals surface area contributed by atoms with E-state index in [1.165, 1.54) is 0 Å². The van der Waals surface area contributed by atoms with E-state index in [0.29, 0.717) is 5.75 Å². The van der Waals surface area contributed by atoms with Crippen molar-refractivity contribution in [2.45, 2.75) is 0 Å². The predicted octanol–water partition coefficient (Wildman–Crippen LogP) is 1.49. The zero-order valence-corrected chi connectivity index (χ0v) is 6.40. The van der Waals surface area contributed by atoms with Gasteiger partial charge >= 0.3 is 0 Å². The number of fused-ring (bicyclic) bond motifs is 1. The molecule has 0 unspecified atom stereocenters. The summed E-state index contributed by atoms with van der Waals surface area (Å²) in [6, 6.07) is 9.64. The molecule has 2 rings (SSSR count). The first-order valence-electron chi connectivity index (χ1n) is 3.62. The highest BCUT2D eigenvalue weighted by Crippen LogP contribution is 2.16. The number of pyridine rings is 1. The molecule has 0 aliphatic rings. The van der Waals surface area contributed by atoms with Crippen molar-refractivity contribution in [3.63, 3.8) is 0 Å². The molecule has 1 heterocycles. The second-order valence-corrected chi connectivity index (χ2v) is 2.48. The van der Waals surface area contributed by atoms with Crippen LogP contribution < -0.4 is 10.7 Å². The Kier molecular flexibility index (Phi) is 1.64. The molecule has 0 saturated carbocycles. The summed E-state index contributed by atoms with van der Waals surface area (Å²) in [5, 5.41) is 1.03. The van der Waals surface area contributed by atoms with Crippen molar-refractivity contribution in [3.8, 4) is 5.75 Å². The van der Waals surface area contributed by atoms with E-state index < -0.39 is 0 Å². The number of benzene rings is 1. The second kappa shape index (κ2) is 2.79. The van der Waals surface area contributed by atoms with E-state index >= 15 is 0 Å². The molecular weight excluding hydrogens is 152 g/mol. The highest BCUT2D eigenvalue weighted by atomic mass is 16.6. The highest BCUT2D eigenvalue weighted by molar-refractivity contribution is 5.79. The number of hydrogen-bond donors (Lipinski definition) is 1. The van der Waals surface area contributed by atoms with Crippen LogP contribution in [-0.4, -0.2) is 4.98 Å². The Balaban J connectivity index is 2.67. The van der Waals surface area contributed by atoms with Crippen molar-refractivity contribution in [3.05, 3.63) is 36.5 Å². The van der Waals surface area contributed by atoms with Gasteiger partial charge in [0.25, 0.3) is 0 Å². The molecule has 1 aromatic heterocycles. The maximum Gasteiger partial charge on any atom is 0.165 e. The molecule has 2 aromatic rings. The molecule has 12 heavy (non-hydrogen) atoms. The molecule has 3 nitrogen and oxygen atoms in total. The third kappa shape index (κ3) is 1.10. The van der Waals surface area contributed by atoms with Gasteiger partial charge in [-0.15, -0.1) is 0 Å². The monoisotopic (exact) mass is 160 g/mol. The van der Waals surface area contributed by atoms with Gasteiger partial charge < -0.3 is 4.84 Å². The van der Waals surface area contributed by atoms with E-state index in [9.17, 15) is 0 Å². The first-order valence-corrected chi connectivity index (χ1v) is 3.62. The van der Waals surface area contributed by atoms with Crippen molar-refractivity contribution < 1.29 is 4.84 Å². The molecule has 0 fully saturated rings. The lowest BCUT2D eigenvalue weighted by Gasteiger charge is -1.99. The molecule has 0 amide bonds. The number of nitrogens with zero attached hydrogens (tertiary/aromatic N) is 1. The Bertz CT molecular complexity index is 400. The van der Waals surface area contributed by atoms with Crippen LogP contribution in [0.25, 0.3) is 10.9 Å². The first kappa shape index (κ1) is 7.06. The van der Waals surface area contributed by atoms with Gasteiger partial charge in [-0.25, -0.2) is 0 Å². The minimum Gasteiger partial charge on any atom is -0.410 e. The van der Waals surface area contributed by atoms with Gasteiger partial charge in [0.05, 0.1) is 11.7 Å². The van der Waals surface area contributed by atoms with E-state index in [0.717, 1.165) is 10.9 Å². The fourth-order valence-corrected chi connectivity index (χ4v) is 1.12. The Morgan fingerprint density at radius 2 is 2.08 bits per heavy atom. The number of para-hydroxylation sites is 1. The Morgan fingerprint density at radius 1 is 1.25 bits per heavy atom. The molecule has 60 valence electrons. The summed E-state index contributed by atoms with van der Waals surface area (Å²) in [4.78, 5) is 8.71. The van der Waals surface area contributed by atoms with E-state index in [1.807, 2.05) is 30.3 Å². The summed E-state index contributed by atoms with van der Waals surface area (Å²) < 4.78 is 0. The van der Waals surface area contributed by atoms with Crippen LogP contribution in [0.2, 0.25) is 0 Å². The van der Waals surface area contributed by atoms with Gasteiger partial charge in [0, 0.05) is 5.39 Å². The number of rotatable bonds is 1. The van der Waals surface area contributed by atoms with E-state index in [1.54, 1.807) is 6.20 Å². The summed E-state index contributed by atoms with van der Waals surface area (Å²) >= 11 is 0. The molecule has 0 saturated heterocycles. The average Bonchev–Trinajstić information content (AvgIpc) is 2.17. The van der Waals surface area contributed by atoms with Gasteiger partial charge in [0.2, 0.25) is 0 Å². The van der Waals surface area contributed by atoms with Crippen LogP contribution in [0.4, 0.5) is 0 Å². The highest BCUT2D eigenvalue weighted by Gasteiger charge is 1.95. The van der Waals surface area contributed by atoms with Crippen molar-refractivity contribution in [2.24, 2.45) is 5.90 Å². The number of nitrogens with two attached hydrogens (primary N) is 1. The van der Waals surface area contributed by atoms with Crippen LogP contribution in [-0.2, 0) is 0 Å². The molecule has 3 heteroatoms. The van der Waals surface area contributed by atoms with Gasteiger partial charge in [-0.05, 0) is 12.1 Å². The van der Waals surface area contributed by atoms with Crippen LogP contribution >= 0.6 is 0 Å². The molecule has 0 bridgehead atoms. The predicted molar refractivity (Wildman–Crippen MR) is 46.6 cm³/mol. The van der Waals surface area contributed by atoms with Crippen LogP contribution in [0.15, 0.2) is 36.5 Å². The summed E-state index contributed by atoms with van der Waals surface area (Å²) in [6.07, 6.45) is 1.60. The quantitative estimate of drug-likeness (QED) is 0.643. The molecule has 0 aliphatic heterocycles. The minimum absolute atomic E-state index is 0.578. The zero-order chi connectivity index (χ0) is 8.39. The Labute approximate surface area is 69.7 Å². The Morgan fingerprint density at radius 3 is 2.92 bits per heavy atom. The van der Waals surface area contributed by atoms with E-state index in [-0.39, 0.29) is 0 Å². The molecule has 0 spiro atoms. The number of aromatic nitrogens is 1. The van der Waals surface area contributed by atoms with E-state index in [4.69, 9.17) is 5.90 Å².